The molecule has 0 fully saturated rings. The zero-order chi connectivity index (χ0) is 7.98. The number of hydrogen-bond donors (Lipinski definition) is 2. The van der Waals surface area contributed by atoms with Crippen LogP contribution in [0.1, 0.15) is 6.92 Å². The molecule has 0 amide bonds. The van der Waals surface area contributed by atoms with Crippen molar-refractivity contribution in [3.8, 4) is 0 Å². The molecule has 0 bridgehead atoms. The summed E-state index contributed by atoms with van der Waals surface area (Å²) in [5.41, 5.74) is 0. The minimum absolute atomic E-state index is 0.0711. The van der Waals surface area contributed by atoms with Crippen LogP contribution in [-0.4, -0.2) is 29.7 Å². The Kier molecular flexibility index (Phi) is 5.20. The van der Waals surface area contributed by atoms with E-state index in [0.717, 1.165) is 0 Å². The lowest BCUT2D eigenvalue weighted by molar-refractivity contribution is -0.129. The Morgan fingerprint density at radius 3 is 2.70 bits per heavy atom. The topological polar surface area (TPSA) is 49.7 Å². The van der Waals surface area contributed by atoms with Gasteiger partial charge in [-0.3, -0.25) is 0 Å². The Labute approximate surface area is 60.9 Å². The first-order chi connectivity index (χ1) is 4.72. The van der Waals surface area contributed by atoms with Crippen molar-refractivity contribution >= 4 is 0 Å². The number of hydrogen-bond acceptors (Lipinski definition) is 3. The molecule has 10 heavy (non-hydrogen) atoms. The molecule has 0 saturated heterocycles. The molecule has 0 aliphatic rings. The Balaban J connectivity index is 3.40. The Morgan fingerprint density at radius 1 is 1.70 bits per heavy atom. The van der Waals surface area contributed by atoms with Gasteiger partial charge in [0.05, 0.1) is 13.2 Å². The summed E-state index contributed by atoms with van der Waals surface area (Å²) in [6, 6.07) is 0. The average Bonchev–Trinajstić information content (AvgIpc) is 1.98. The van der Waals surface area contributed by atoms with Gasteiger partial charge in [-0.2, -0.15) is 0 Å². The summed E-state index contributed by atoms with van der Waals surface area (Å²) >= 11 is 0. The molecule has 0 saturated carbocycles. The fourth-order valence-electron chi connectivity index (χ4n) is 0.421. The molecule has 0 aromatic heterocycles. The highest BCUT2D eigenvalue weighted by Gasteiger charge is 2.11. The van der Waals surface area contributed by atoms with Crippen molar-refractivity contribution < 1.29 is 14.9 Å². The molecule has 2 N–H and O–H groups in total. The highest BCUT2D eigenvalue weighted by molar-refractivity contribution is 4.65. The number of aliphatic hydroxyl groups is 2. The first-order valence-corrected chi connectivity index (χ1v) is 3.23. The third kappa shape index (κ3) is 3.61. The van der Waals surface area contributed by atoms with Crippen molar-refractivity contribution in [2.45, 2.75) is 13.2 Å². The third-order valence-electron chi connectivity index (χ3n) is 1.16. The number of rotatable bonds is 5. The second-order valence-corrected chi connectivity index (χ2v) is 2.17. The van der Waals surface area contributed by atoms with Crippen LogP contribution in [0.5, 0.6) is 0 Å². The minimum Gasteiger partial charge on any atom is -0.396 e. The van der Waals surface area contributed by atoms with Crippen LogP contribution in [0.3, 0.4) is 0 Å². The van der Waals surface area contributed by atoms with E-state index in [1.165, 1.54) is 0 Å². The normalized spacial score (nSPS) is 16.3. The highest BCUT2D eigenvalue weighted by atomic mass is 16.6. The lowest BCUT2D eigenvalue weighted by Gasteiger charge is -2.15. The van der Waals surface area contributed by atoms with Crippen LogP contribution in [0.4, 0.5) is 0 Å². The minimum atomic E-state index is -0.886. The largest absolute Gasteiger partial charge is 0.396 e. The van der Waals surface area contributed by atoms with Gasteiger partial charge in [0.25, 0.3) is 0 Å². The van der Waals surface area contributed by atoms with E-state index in [9.17, 15) is 0 Å². The molecule has 0 aromatic carbocycles. The Morgan fingerprint density at radius 2 is 2.30 bits per heavy atom. The first-order valence-electron chi connectivity index (χ1n) is 3.23. The fourth-order valence-corrected chi connectivity index (χ4v) is 0.421. The van der Waals surface area contributed by atoms with E-state index in [1.54, 1.807) is 13.0 Å². The molecule has 2 atom stereocenters. The van der Waals surface area contributed by atoms with E-state index in [1.807, 2.05) is 0 Å². The first kappa shape index (κ1) is 9.62. The predicted octanol–water partition coefficient (Wildman–Crippen LogP) is 0.136. The average molecular weight is 146 g/mol. The molecule has 3 nitrogen and oxygen atoms in total. The van der Waals surface area contributed by atoms with E-state index in [-0.39, 0.29) is 12.5 Å². The molecule has 0 heterocycles. The molecule has 0 spiro atoms. The number of ether oxygens (including phenoxy) is 1. The van der Waals surface area contributed by atoms with E-state index >= 15 is 0 Å². The van der Waals surface area contributed by atoms with Crippen molar-refractivity contribution in [1.82, 2.24) is 0 Å². The molecule has 0 aliphatic carbocycles. The summed E-state index contributed by atoms with van der Waals surface area (Å²) in [5, 5.41) is 17.6. The van der Waals surface area contributed by atoms with Gasteiger partial charge in [-0.1, -0.05) is 13.0 Å². The van der Waals surface area contributed by atoms with E-state index < -0.39 is 6.29 Å². The van der Waals surface area contributed by atoms with Crippen LogP contribution in [0, 0.1) is 5.92 Å². The fraction of sp³-hybridized carbons (Fsp3) is 0.714. The third-order valence-corrected chi connectivity index (χ3v) is 1.16. The molecular weight excluding hydrogens is 132 g/mol. The quantitative estimate of drug-likeness (QED) is 0.428. The van der Waals surface area contributed by atoms with E-state index in [0.29, 0.717) is 6.61 Å². The maximum atomic E-state index is 9.02. The maximum absolute atomic E-state index is 9.02. The lowest BCUT2D eigenvalue weighted by atomic mass is 10.2. The molecule has 0 radical (unpaired) electrons. The second-order valence-electron chi connectivity index (χ2n) is 2.17. The van der Waals surface area contributed by atoms with Gasteiger partial charge in [0, 0.05) is 5.92 Å². The summed E-state index contributed by atoms with van der Waals surface area (Å²) < 4.78 is 4.82. The molecular formula is C7H14O3. The molecule has 2 unspecified atom stereocenters. The maximum Gasteiger partial charge on any atom is 0.159 e. The van der Waals surface area contributed by atoms with Gasteiger partial charge in [0.2, 0.25) is 0 Å². The Hall–Kier alpha value is -0.380. The van der Waals surface area contributed by atoms with E-state index in [4.69, 9.17) is 14.9 Å². The van der Waals surface area contributed by atoms with Gasteiger partial charge >= 0.3 is 0 Å². The van der Waals surface area contributed by atoms with Crippen LogP contribution < -0.4 is 0 Å². The second kappa shape index (κ2) is 5.41. The van der Waals surface area contributed by atoms with Crippen molar-refractivity contribution in [2.24, 2.45) is 5.92 Å². The summed E-state index contributed by atoms with van der Waals surface area (Å²) in [5.74, 6) is -0.236. The van der Waals surface area contributed by atoms with Crippen molar-refractivity contribution in [1.29, 1.82) is 0 Å². The molecule has 60 valence electrons. The summed E-state index contributed by atoms with van der Waals surface area (Å²) in [6.45, 7) is 5.36. The molecule has 0 aromatic rings. The van der Waals surface area contributed by atoms with Gasteiger partial charge in [-0.15, -0.1) is 6.58 Å². The zero-order valence-electron chi connectivity index (χ0n) is 6.16. The Bertz CT molecular complexity index is 92.9. The van der Waals surface area contributed by atoms with Crippen LogP contribution >= 0.6 is 0 Å². The number of aliphatic hydroxyl groups excluding tert-OH is 2. The van der Waals surface area contributed by atoms with Crippen molar-refractivity contribution in [2.75, 3.05) is 13.2 Å². The van der Waals surface area contributed by atoms with Gasteiger partial charge in [0.1, 0.15) is 0 Å². The standard InChI is InChI=1S/C7H14O3/c1-3-4-10-7(9)6(2)5-8/h3,6-9H,1,4-5H2,2H3. The predicted molar refractivity (Wildman–Crippen MR) is 38.4 cm³/mol. The monoisotopic (exact) mass is 146 g/mol. The lowest BCUT2D eigenvalue weighted by Crippen LogP contribution is -2.23. The summed E-state index contributed by atoms with van der Waals surface area (Å²) in [7, 11) is 0. The smallest absolute Gasteiger partial charge is 0.159 e. The van der Waals surface area contributed by atoms with Gasteiger partial charge in [-0.05, 0) is 0 Å². The van der Waals surface area contributed by atoms with Gasteiger partial charge < -0.3 is 14.9 Å². The SMILES string of the molecule is C=CCOC(O)C(C)CO. The van der Waals surface area contributed by atoms with E-state index in [2.05, 4.69) is 6.58 Å². The van der Waals surface area contributed by atoms with Gasteiger partial charge in [-0.25, -0.2) is 0 Å². The molecule has 3 heteroatoms. The summed E-state index contributed by atoms with van der Waals surface area (Å²) in [4.78, 5) is 0. The van der Waals surface area contributed by atoms with Crippen LogP contribution in [0.25, 0.3) is 0 Å². The van der Waals surface area contributed by atoms with Crippen LogP contribution in [0.2, 0.25) is 0 Å². The van der Waals surface area contributed by atoms with Crippen LogP contribution in [0.15, 0.2) is 12.7 Å². The summed E-state index contributed by atoms with van der Waals surface area (Å²) in [6.07, 6.45) is 0.663. The molecule has 0 aliphatic heterocycles. The highest BCUT2D eigenvalue weighted by Crippen LogP contribution is 2.02. The van der Waals surface area contributed by atoms with Crippen molar-refractivity contribution in [3.63, 3.8) is 0 Å². The van der Waals surface area contributed by atoms with Crippen LogP contribution in [-0.2, 0) is 4.74 Å². The molecule has 0 rings (SSSR count). The zero-order valence-corrected chi connectivity index (χ0v) is 6.16. The van der Waals surface area contributed by atoms with Crippen molar-refractivity contribution in [3.05, 3.63) is 12.7 Å². The van der Waals surface area contributed by atoms with Gasteiger partial charge in [0.15, 0.2) is 6.29 Å².